The fourth-order valence-corrected chi connectivity index (χ4v) is 5.02. The van der Waals surface area contributed by atoms with Gasteiger partial charge in [-0.25, -0.2) is 18.4 Å². The third kappa shape index (κ3) is 9.00. The fourth-order valence-electron chi connectivity index (χ4n) is 5.02. The summed E-state index contributed by atoms with van der Waals surface area (Å²) in [6.45, 7) is 2.46. The minimum absolute atomic E-state index is 0.181. The van der Waals surface area contributed by atoms with Gasteiger partial charge in [0.15, 0.2) is 0 Å². The molecule has 1 atom stereocenters. The molecule has 2 aromatic carbocycles. The summed E-state index contributed by atoms with van der Waals surface area (Å²) in [5, 5.41) is 12.6. The number of nitrogens with one attached hydrogen (secondary N) is 2. The first kappa shape index (κ1) is 33.5. The zero-order chi connectivity index (χ0) is 31.9. The Morgan fingerprint density at radius 2 is 1.88 bits per heavy atom. The van der Waals surface area contributed by atoms with Crippen LogP contribution < -0.4 is 10.1 Å². The fraction of sp³-hybridized carbons (Fsp3) is 0.429. The van der Waals surface area contributed by atoms with Gasteiger partial charge in [-0.3, -0.25) is 14.7 Å². The standard InChI is InChI=1S/C26H29F5N4O3.C2H3FO2/c1-15-9-22(38-2)19(17-5-6-32-24(15)17)11-35-8-7-34(13-23(27)28)12-21(35)16-3-4-18(25(36)37)20(10-16)33-14-26(29,30)31;1-2(4)5-3/h3-6,9-10,21,23,32-33H,7-8,11-14H2,1-2H3,(H,36,37);1H3. The van der Waals surface area contributed by atoms with Crippen LogP contribution in [0.4, 0.5) is 32.2 Å². The number of carbonyl (C=O) groups is 2. The average Bonchev–Trinajstić information content (AvgIpc) is 3.44. The molecule has 0 bridgehead atoms. The van der Waals surface area contributed by atoms with E-state index in [2.05, 4.69) is 20.1 Å². The Bertz CT molecular complexity index is 1410. The number of benzene rings is 2. The lowest BCUT2D eigenvalue weighted by Crippen LogP contribution is -2.49. The van der Waals surface area contributed by atoms with Crippen LogP contribution in [0.1, 0.15) is 40.0 Å². The number of aryl methyl sites for hydroxylation is 1. The van der Waals surface area contributed by atoms with Crippen molar-refractivity contribution < 1.29 is 50.9 Å². The molecule has 9 nitrogen and oxygen atoms in total. The number of carbonyl (C=O) groups excluding carboxylic acids is 1. The molecule has 43 heavy (non-hydrogen) atoms. The van der Waals surface area contributed by atoms with E-state index < -0.39 is 43.7 Å². The van der Waals surface area contributed by atoms with Crippen molar-refractivity contribution in [3.63, 3.8) is 0 Å². The maximum Gasteiger partial charge on any atom is 0.405 e. The quantitative estimate of drug-likeness (QED) is 0.262. The van der Waals surface area contributed by atoms with Gasteiger partial charge in [0.05, 0.1) is 19.2 Å². The normalized spacial score (nSPS) is 16.1. The molecule has 0 amide bonds. The molecule has 1 aliphatic heterocycles. The minimum Gasteiger partial charge on any atom is -0.496 e. The average molecular weight is 619 g/mol. The number of piperazine rings is 1. The van der Waals surface area contributed by atoms with Gasteiger partial charge < -0.3 is 20.1 Å². The molecule has 1 aromatic heterocycles. The van der Waals surface area contributed by atoms with Gasteiger partial charge in [0.1, 0.15) is 12.3 Å². The number of rotatable bonds is 9. The Labute approximate surface area is 243 Å². The number of carboxylic acids is 1. The molecule has 0 spiro atoms. The van der Waals surface area contributed by atoms with Crippen molar-refractivity contribution >= 4 is 28.5 Å². The van der Waals surface area contributed by atoms with E-state index >= 15 is 0 Å². The number of fused-ring (bicyclic) bond motifs is 1. The summed E-state index contributed by atoms with van der Waals surface area (Å²) in [5.41, 5.74) is 2.86. The first-order valence-corrected chi connectivity index (χ1v) is 13.1. The van der Waals surface area contributed by atoms with E-state index in [0.29, 0.717) is 30.9 Å². The van der Waals surface area contributed by atoms with E-state index in [0.717, 1.165) is 29.0 Å². The lowest BCUT2D eigenvalue weighted by atomic mass is 9.97. The first-order valence-electron chi connectivity index (χ1n) is 13.1. The third-order valence-electron chi connectivity index (χ3n) is 6.91. The summed E-state index contributed by atoms with van der Waals surface area (Å²) in [6, 6.07) is 7.51. The highest BCUT2D eigenvalue weighted by atomic mass is 19.4. The third-order valence-corrected chi connectivity index (χ3v) is 6.91. The molecule has 1 saturated heterocycles. The number of methoxy groups -OCH3 is 1. The SMILES string of the molecule is CC(=O)OF.COc1cc(C)c2[nH]ccc2c1CN1CCN(CC(F)F)CC1c1ccc(C(=O)O)c(NCC(F)(F)F)c1. The Hall–Kier alpha value is -3.98. The Morgan fingerprint density at radius 1 is 1.19 bits per heavy atom. The van der Waals surface area contributed by atoms with Gasteiger partial charge in [-0.05, 0) is 42.3 Å². The van der Waals surface area contributed by atoms with Crippen LogP contribution in [0.5, 0.6) is 5.75 Å². The monoisotopic (exact) mass is 618 g/mol. The summed E-state index contributed by atoms with van der Waals surface area (Å²) >= 11 is 0. The lowest BCUT2D eigenvalue weighted by Gasteiger charge is -2.42. The van der Waals surface area contributed by atoms with Crippen molar-refractivity contribution in [2.45, 2.75) is 39.0 Å². The molecule has 2 heterocycles. The molecular formula is C28H32F6N4O5. The zero-order valence-corrected chi connectivity index (χ0v) is 23.6. The highest BCUT2D eigenvalue weighted by molar-refractivity contribution is 5.94. The molecule has 15 heteroatoms. The van der Waals surface area contributed by atoms with E-state index in [-0.39, 0.29) is 17.8 Å². The van der Waals surface area contributed by atoms with E-state index in [1.807, 2.05) is 25.3 Å². The summed E-state index contributed by atoms with van der Waals surface area (Å²) in [5.74, 6) is -1.62. The number of H-pyrrole nitrogens is 1. The summed E-state index contributed by atoms with van der Waals surface area (Å²) < 4.78 is 81.1. The van der Waals surface area contributed by atoms with Gasteiger partial charge in [-0.2, -0.15) is 13.2 Å². The second kappa shape index (κ2) is 14.5. The number of aromatic carboxylic acids is 1. The first-order chi connectivity index (χ1) is 20.2. The molecule has 4 rings (SSSR count). The largest absolute Gasteiger partial charge is 0.496 e. The van der Waals surface area contributed by atoms with Crippen molar-refractivity contribution in [2.75, 3.05) is 45.2 Å². The minimum atomic E-state index is -4.55. The maximum atomic E-state index is 13.2. The van der Waals surface area contributed by atoms with Crippen LogP contribution in [0, 0.1) is 6.92 Å². The van der Waals surface area contributed by atoms with Gasteiger partial charge >= 0.3 is 18.1 Å². The van der Waals surface area contributed by atoms with Crippen LogP contribution >= 0.6 is 0 Å². The molecule has 0 radical (unpaired) electrons. The van der Waals surface area contributed by atoms with Crippen molar-refractivity contribution in [1.29, 1.82) is 0 Å². The van der Waals surface area contributed by atoms with Gasteiger partial charge in [-0.15, -0.1) is 0 Å². The lowest BCUT2D eigenvalue weighted by molar-refractivity contribution is -0.180. The number of hydrogen-bond donors (Lipinski definition) is 3. The summed E-state index contributed by atoms with van der Waals surface area (Å²) in [4.78, 5) is 30.4. The molecule has 1 aliphatic rings. The van der Waals surface area contributed by atoms with Crippen LogP contribution in [-0.4, -0.2) is 84.3 Å². The highest BCUT2D eigenvalue weighted by Crippen LogP contribution is 2.36. The zero-order valence-electron chi connectivity index (χ0n) is 23.6. The topological polar surface area (TPSA) is 107 Å². The van der Waals surface area contributed by atoms with E-state index in [1.54, 1.807) is 12.0 Å². The number of nitrogens with zero attached hydrogens (tertiary/aromatic N) is 2. The van der Waals surface area contributed by atoms with Gasteiger partial charge in [0.25, 0.3) is 6.43 Å². The maximum absolute atomic E-state index is 13.2. The predicted molar refractivity (Wildman–Crippen MR) is 146 cm³/mol. The predicted octanol–water partition coefficient (Wildman–Crippen LogP) is 5.72. The highest BCUT2D eigenvalue weighted by Gasteiger charge is 2.32. The number of hydrogen-bond acceptors (Lipinski definition) is 7. The summed E-state index contributed by atoms with van der Waals surface area (Å²) in [7, 11) is 1.57. The number of halogens is 6. The molecule has 1 fully saturated rings. The number of alkyl halides is 5. The molecular weight excluding hydrogens is 586 g/mol. The van der Waals surface area contributed by atoms with Crippen LogP contribution in [0.2, 0.25) is 0 Å². The van der Waals surface area contributed by atoms with Gasteiger partial charge in [0, 0.05) is 72.0 Å². The number of aromatic amines is 1. The van der Waals surface area contributed by atoms with E-state index in [4.69, 9.17) is 4.74 Å². The summed E-state index contributed by atoms with van der Waals surface area (Å²) in [6.07, 6.45) is -5.28. The van der Waals surface area contributed by atoms with E-state index in [1.165, 1.54) is 18.2 Å². The number of anilines is 1. The second-order valence-corrected chi connectivity index (χ2v) is 9.93. The van der Waals surface area contributed by atoms with Crippen molar-refractivity contribution in [3.05, 3.63) is 58.8 Å². The van der Waals surface area contributed by atoms with Crippen molar-refractivity contribution in [2.24, 2.45) is 0 Å². The van der Waals surface area contributed by atoms with Crippen LogP contribution in [-0.2, 0) is 16.3 Å². The smallest absolute Gasteiger partial charge is 0.405 e. The Morgan fingerprint density at radius 3 is 2.47 bits per heavy atom. The van der Waals surface area contributed by atoms with Crippen molar-refractivity contribution in [1.82, 2.24) is 14.8 Å². The van der Waals surface area contributed by atoms with Gasteiger partial charge in [0.2, 0.25) is 0 Å². The number of carboxylic acid groups (broad SMARTS) is 1. The molecule has 1 unspecified atom stereocenters. The molecule has 0 aliphatic carbocycles. The molecule has 236 valence electrons. The Kier molecular flexibility index (Phi) is 11.3. The number of ether oxygens (including phenoxy) is 1. The van der Waals surface area contributed by atoms with E-state index in [9.17, 15) is 41.2 Å². The van der Waals surface area contributed by atoms with Crippen LogP contribution in [0.25, 0.3) is 10.9 Å². The van der Waals surface area contributed by atoms with Gasteiger partial charge in [-0.1, -0.05) is 6.07 Å². The van der Waals surface area contributed by atoms with Crippen molar-refractivity contribution in [3.8, 4) is 5.75 Å². The Balaban J connectivity index is 0.000000934. The second-order valence-electron chi connectivity index (χ2n) is 9.93. The molecule has 0 saturated carbocycles. The molecule has 3 aromatic rings. The van der Waals surface area contributed by atoms with Crippen LogP contribution in [0.3, 0.4) is 0 Å². The van der Waals surface area contributed by atoms with Crippen LogP contribution in [0.15, 0.2) is 36.5 Å². The molecule has 3 N–H and O–H groups in total. The number of aromatic nitrogens is 1.